The maximum Gasteiger partial charge on any atom is 0.0682 e. The average Bonchev–Trinajstić information content (AvgIpc) is 2.20. The van der Waals surface area contributed by atoms with Crippen LogP contribution in [0.25, 0.3) is 0 Å². The van der Waals surface area contributed by atoms with Gasteiger partial charge in [0.05, 0.1) is 6.67 Å². The third-order valence-electron chi connectivity index (χ3n) is 2.64. The molecule has 16 heavy (non-hydrogen) atoms. The predicted molar refractivity (Wildman–Crippen MR) is 72.1 cm³/mol. The fourth-order valence-electron chi connectivity index (χ4n) is 1.71. The summed E-state index contributed by atoms with van der Waals surface area (Å²) in [7, 11) is 0. The third kappa shape index (κ3) is 4.03. The minimum atomic E-state index is 0.541. The first-order chi connectivity index (χ1) is 7.50. The van der Waals surface area contributed by atoms with E-state index in [0.29, 0.717) is 12.1 Å². The van der Waals surface area contributed by atoms with Crippen molar-refractivity contribution in [2.75, 3.05) is 12.0 Å². The molecule has 0 fully saturated rings. The van der Waals surface area contributed by atoms with Gasteiger partial charge in [0, 0.05) is 22.8 Å². The average molecular weight is 241 g/mol. The number of rotatable bonds is 5. The smallest absolute Gasteiger partial charge is 0.0682 e. The predicted octanol–water partition coefficient (Wildman–Crippen LogP) is 3.83. The van der Waals surface area contributed by atoms with Crippen molar-refractivity contribution in [3.63, 3.8) is 0 Å². The van der Waals surface area contributed by atoms with Crippen molar-refractivity contribution in [1.29, 1.82) is 0 Å². The highest BCUT2D eigenvalue weighted by Crippen LogP contribution is 2.14. The van der Waals surface area contributed by atoms with Gasteiger partial charge in [-0.15, -0.1) is 0 Å². The SMILES string of the molecule is CC(C)N(CNc1ccc(Cl)cc1)C(C)C. The summed E-state index contributed by atoms with van der Waals surface area (Å²) in [6.07, 6.45) is 0. The second kappa shape index (κ2) is 6.12. The largest absolute Gasteiger partial charge is 0.372 e. The minimum absolute atomic E-state index is 0.541. The number of halogens is 1. The van der Waals surface area contributed by atoms with Gasteiger partial charge in [0.25, 0.3) is 0 Å². The summed E-state index contributed by atoms with van der Waals surface area (Å²) in [5, 5.41) is 4.18. The van der Waals surface area contributed by atoms with E-state index in [-0.39, 0.29) is 0 Å². The lowest BCUT2D eigenvalue weighted by molar-refractivity contribution is 0.189. The Labute approximate surface area is 104 Å². The van der Waals surface area contributed by atoms with Gasteiger partial charge in [-0.2, -0.15) is 0 Å². The zero-order valence-electron chi connectivity index (χ0n) is 10.5. The fourth-order valence-corrected chi connectivity index (χ4v) is 1.84. The van der Waals surface area contributed by atoms with Gasteiger partial charge in [-0.1, -0.05) is 11.6 Å². The third-order valence-corrected chi connectivity index (χ3v) is 2.89. The quantitative estimate of drug-likeness (QED) is 0.787. The number of nitrogens with one attached hydrogen (secondary N) is 1. The standard InChI is InChI=1S/C13H21ClN2/c1-10(2)16(11(3)4)9-15-13-7-5-12(14)6-8-13/h5-8,10-11,15H,9H2,1-4H3. The van der Waals surface area contributed by atoms with Crippen LogP contribution in [0.3, 0.4) is 0 Å². The van der Waals surface area contributed by atoms with Gasteiger partial charge >= 0.3 is 0 Å². The molecule has 0 unspecified atom stereocenters. The summed E-state index contributed by atoms with van der Waals surface area (Å²) in [6.45, 7) is 9.71. The molecule has 1 aromatic rings. The van der Waals surface area contributed by atoms with E-state index in [2.05, 4.69) is 37.9 Å². The molecule has 1 aromatic carbocycles. The Morgan fingerprint density at radius 3 is 2.00 bits per heavy atom. The Hall–Kier alpha value is -0.730. The molecule has 1 rings (SSSR count). The van der Waals surface area contributed by atoms with Crippen LogP contribution in [-0.4, -0.2) is 23.7 Å². The monoisotopic (exact) mass is 240 g/mol. The molecule has 0 spiro atoms. The molecule has 0 aliphatic heterocycles. The summed E-state index contributed by atoms with van der Waals surface area (Å²) >= 11 is 5.84. The number of hydrogen-bond acceptors (Lipinski definition) is 2. The molecule has 3 heteroatoms. The van der Waals surface area contributed by atoms with Gasteiger partial charge in [0.15, 0.2) is 0 Å². The number of anilines is 1. The molecule has 0 bridgehead atoms. The van der Waals surface area contributed by atoms with Crippen LogP contribution in [0.1, 0.15) is 27.7 Å². The normalized spacial score (nSPS) is 11.5. The second-order valence-corrected chi connectivity index (χ2v) is 4.98. The van der Waals surface area contributed by atoms with Gasteiger partial charge in [0.1, 0.15) is 0 Å². The maximum atomic E-state index is 5.84. The van der Waals surface area contributed by atoms with E-state index in [9.17, 15) is 0 Å². The number of benzene rings is 1. The van der Waals surface area contributed by atoms with Crippen LogP contribution in [0.4, 0.5) is 5.69 Å². The van der Waals surface area contributed by atoms with Crippen LogP contribution in [0.15, 0.2) is 24.3 Å². The van der Waals surface area contributed by atoms with E-state index in [0.717, 1.165) is 17.4 Å². The number of hydrogen-bond donors (Lipinski definition) is 1. The summed E-state index contributed by atoms with van der Waals surface area (Å²) in [5.74, 6) is 0. The summed E-state index contributed by atoms with van der Waals surface area (Å²) in [4.78, 5) is 2.40. The highest BCUT2D eigenvalue weighted by molar-refractivity contribution is 6.30. The Kier molecular flexibility index (Phi) is 5.10. The highest BCUT2D eigenvalue weighted by Gasteiger charge is 2.12. The molecule has 0 aliphatic carbocycles. The zero-order chi connectivity index (χ0) is 12.1. The fraction of sp³-hybridized carbons (Fsp3) is 0.538. The van der Waals surface area contributed by atoms with Gasteiger partial charge in [-0.3, -0.25) is 4.90 Å². The van der Waals surface area contributed by atoms with Crippen LogP contribution in [0.2, 0.25) is 5.02 Å². The molecular formula is C13H21ClN2. The van der Waals surface area contributed by atoms with Crippen molar-refractivity contribution in [1.82, 2.24) is 4.90 Å². The molecule has 0 heterocycles. The van der Waals surface area contributed by atoms with Crippen molar-refractivity contribution in [3.8, 4) is 0 Å². The maximum absolute atomic E-state index is 5.84. The van der Waals surface area contributed by atoms with Crippen molar-refractivity contribution in [2.24, 2.45) is 0 Å². The first-order valence-corrected chi connectivity index (χ1v) is 6.13. The van der Waals surface area contributed by atoms with Gasteiger partial charge in [0.2, 0.25) is 0 Å². The van der Waals surface area contributed by atoms with Crippen molar-refractivity contribution in [2.45, 2.75) is 39.8 Å². The lowest BCUT2D eigenvalue weighted by atomic mass is 10.2. The van der Waals surface area contributed by atoms with Gasteiger partial charge in [-0.05, 0) is 52.0 Å². The first kappa shape index (κ1) is 13.3. The number of nitrogens with zero attached hydrogens (tertiary/aromatic N) is 1. The van der Waals surface area contributed by atoms with E-state index < -0.39 is 0 Å². The molecule has 0 saturated carbocycles. The summed E-state index contributed by atoms with van der Waals surface area (Å²) < 4.78 is 0. The molecule has 0 atom stereocenters. The molecular weight excluding hydrogens is 220 g/mol. The lowest BCUT2D eigenvalue weighted by Gasteiger charge is -2.30. The van der Waals surface area contributed by atoms with E-state index >= 15 is 0 Å². The summed E-state index contributed by atoms with van der Waals surface area (Å²) in [5.41, 5.74) is 1.11. The van der Waals surface area contributed by atoms with Gasteiger partial charge in [-0.25, -0.2) is 0 Å². The Balaban J connectivity index is 2.52. The van der Waals surface area contributed by atoms with Crippen LogP contribution in [-0.2, 0) is 0 Å². The molecule has 1 N–H and O–H groups in total. The molecule has 0 amide bonds. The Morgan fingerprint density at radius 1 is 1.06 bits per heavy atom. The van der Waals surface area contributed by atoms with Crippen LogP contribution in [0.5, 0.6) is 0 Å². The van der Waals surface area contributed by atoms with Crippen molar-refractivity contribution >= 4 is 17.3 Å². The van der Waals surface area contributed by atoms with Crippen molar-refractivity contribution in [3.05, 3.63) is 29.3 Å². The van der Waals surface area contributed by atoms with E-state index in [1.807, 2.05) is 24.3 Å². The molecule has 0 radical (unpaired) electrons. The van der Waals surface area contributed by atoms with Gasteiger partial charge < -0.3 is 5.32 Å². The van der Waals surface area contributed by atoms with E-state index in [4.69, 9.17) is 11.6 Å². The zero-order valence-corrected chi connectivity index (χ0v) is 11.3. The topological polar surface area (TPSA) is 15.3 Å². The molecule has 0 aliphatic rings. The molecule has 0 aromatic heterocycles. The molecule has 0 saturated heterocycles. The lowest BCUT2D eigenvalue weighted by Crippen LogP contribution is -2.40. The molecule has 90 valence electrons. The highest BCUT2D eigenvalue weighted by atomic mass is 35.5. The molecule has 2 nitrogen and oxygen atoms in total. The van der Waals surface area contributed by atoms with Crippen LogP contribution < -0.4 is 5.32 Å². The van der Waals surface area contributed by atoms with Crippen LogP contribution in [0, 0.1) is 0 Å². The second-order valence-electron chi connectivity index (χ2n) is 4.54. The minimum Gasteiger partial charge on any atom is -0.372 e. The van der Waals surface area contributed by atoms with Crippen LogP contribution >= 0.6 is 11.6 Å². The Bertz CT molecular complexity index is 298. The Morgan fingerprint density at radius 2 is 1.56 bits per heavy atom. The first-order valence-electron chi connectivity index (χ1n) is 5.76. The van der Waals surface area contributed by atoms with E-state index in [1.54, 1.807) is 0 Å². The summed E-state index contributed by atoms with van der Waals surface area (Å²) in [6, 6.07) is 8.89. The van der Waals surface area contributed by atoms with E-state index in [1.165, 1.54) is 0 Å². The van der Waals surface area contributed by atoms with Crippen molar-refractivity contribution < 1.29 is 0 Å².